The van der Waals surface area contributed by atoms with Crippen molar-refractivity contribution >= 4 is 27.9 Å². The normalized spacial score (nSPS) is 13.0. The van der Waals surface area contributed by atoms with Crippen LogP contribution in [0.25, 0.3) is 27.9 Å². The topological polar surface area (TPSA) is 32.9 Å². The Bertz CT molecular complexity index is 1090. The molecular formula is C27H35NO. The highest BCUT2D eigenvalue weighted by atomic mass is 16.1. The van der Waals surface area contributed by atoms with Gasteiger partial charge in [0.15, 0.2) is 5.43 Å². The lowest BCUT2D eigenvalue weighted by atomic mass is 9.77. The highest BCUT2D eigenvalue weighted by molar-refractivity contribution is 5.93. The molecule has 2 aromatic carbocycles. The number of rotatable bonds is 7. The number of aromatic nitrogens is 1. The second-order valence-electron chi connectivity index (χ2n) is 8.98. The summed E-state index contributed by atoms with van der Waals surface area (Å²) in [5, 5.41) is 1.55. The Hall–Kier alpha value is -2.35. The van der Waals surface area contributed by atoms with Gasteiger partial charge in [0, 0.05) is 21.8 Å². The summed E-state index contributed by atoms with van der Waals surface area (Å²) in [6.07, 6.45) is 8.78. The van der Waals surface area contributed by atoms with E-state index in [0.29, 0.717) is 0 Å². The van der Waals surface area contributed by atoms with E-state index in [-0.39, 0.29) is 16.3 Å². The molecule has 0 aliphatic rings. The van der Waals surface area contributed by atoms with Crippen LogP contribution in [-0.4, -0.2) is 4.98 Å². The highest BCUT2D eigenvalue weighted by Crippen LogP contribution is 2.32. The zero-order valence-electron chi connectivity index (χ0n) is 18.9. The molecule has 1 aromatic heterocycles. The zero-order chi connectivity index (χ0) is 21.2. The Kier molecular flexibility index (Phi) is 6.03. The standard InChI is InChI=1S/C27H35NO/c1-7-26(5,8-2)16-15-19-11-13-23-21(17-19)25(29)22-18-20(12-14-24(22)28-23)27(6,9-3)10-4/h11-18H,7-10H2,1-6H3,(H,28,29). The third kappa shape index (κ3) is 4.03. The molecule has 0 unspecified atom stereocenters. The average molecular weight is 390 g/mol. The first-order valence-electron chi connectivity index (χ1n) is 11.1. The molecule has 2 heteroatoms. The third-order valence-corrected chi connectivity index (χ3v) is 7.37. The van der Waals surface area contributed by atoms with Crippen LogP contribution < -0.4 is 5.43 Å². The predicted octanol–water partition coefficient (Wildman–Crippen LogP) is 7.60. The van der Waals surface area contributed by atoms with Crippen molar-refractivity contribution in [1.82, 2.24) is 4.98 Å². The molecule has 0 atom stereocenters. The number of H-pyrrole nitrogens is 1. The first-order chi connectivity index (χ1) is 13.8. The summed E-state index contributed by atoms with van der Waals surface area (Å²) >= 11 is 0. The molecule has 0 aliphatic heterocycles. The number of allylic oxidation sites excluding steroid dienone is 1. The van der Waals surface area contributed by atoms with Gasteiger partial charge < -0.3 is 4.98 Å². The molecule has 0 spiro atoms. The number of hydrogen-bond acceptors (Lipinski definition) is 1. The summed E-state index contributed by atoms with van der Waals surface area (Å²) in [6.45, 7) is 13.5. The lowest BCUT2D eigenvalue weighted by Gasteiger charge is -2.27. The number of aromatic amines is 1. The molecular weight excluding hydrogens is 354 g/mol. The van der Waals surface area contributed by atoms with Crippen molar-refractivity contribution in [3.05, 3.63) is 63.8 Å². The summed E-state index contributed by atoms with van der Waals surface area (Å²) in [5.74, 6) is 0. The van der Waals surface area contributed by atoms with Crippen molar-refractivity contribution in [2.24, 2.45) is 5.41 Å². The number of pyridine rings is 1. The lowest BCUT2D eigenvalue weighted by molar-refractivity contribution is 0.398. The third-order valence-electron chi connectivity index (χ3n) is 7.37. The molecule has 0 saturated carbocycles. The van der Waals surface area contributed by atoms with Crippen LogP contribution in [-0.2, 0) is 5.41 Å². The molecule has 3 rings (SSSR count). The molecule has 29 heavy (non-hydrogen) atoms. The van der Waals surface area contributed by atoms with Crippen LogP contribution >= 0.6 is 0 Å². The van der Waals surface area contributed by atoms with E-state index in [2.05, 4.69) is 82.9 Å². The van der Waals surface area contributed by atoms with Gasteiger partial charge in [0.05, 0.1) is 0 Å². The Morgan fingerprint density at radius 1 is 0.828 bits per heavy atom. The SMILES string of the molecule is CCC(C)(C=Cc1ccc2[nH]c3ccc(C(C)(CC)CC)cc3c(=O)c2c1)CC. The summed E-state index contributed by atoms with van der Waals surface area (Å²) in [6, 6.07) is 12.5. The number of fused-ring (bicyclic) bond motifs is 2. The van der Waals surface area contributed by atoms with Crippen LogP contribution in [0.5, 0.6) is 0 Å². The molecule has 0 amide bonds. The second-order valence-corrected chi connectivity index (χ2v) is 8.98. The van der Waals surface area contributed by atoms with Gasteiger partial charge in [-0.3, -0.25) is 4.79 Å². The van der Waals surface area contributed by atoms with Gasteiger partial charge in [0.25, 0.3) is 0 Å². The predicted molar refractivity (Wildman–Crippen MR) is 128 cm³/mol. The molecule has 1 heterocycles. The number of hydrogen-bond donors (Lipinski definition) is 1. The van der Waals surface area contributed by atoms with Crippen LogP contribution in [0.15, 0.2) is 47.3 Å². The quantitative estimate of drug-likeness (QED) is 0.415. The van der Waals surface area contributed by atoms with Gasteiger partial charge in [0.1, 0.15) is 0 Å². The van der Waals surface area contributed by atoms with Crippen molar-refractivity contribution < 1.29 is 0 Å². The van der Waals surface area contributed by atoms with Crippen LogP contribution in [0.2, 0.25) is 0 Å². The Morgan fingerprint density at radius 3 is 2.00 bits per heavy atom. The van der Waals surface area contributed by atoms with Gasteiger partial charge >= 0.3 is 0 Å². The number of benzene rings is 2. The van der Waals surface area contributed by atoms with Gasteiger partial charge in [0.2, 0.25) is 0 Å². The molecule has 0 radical (unpaired) electrons. The first-order valence-corrected chi connectivity index (χ1v) is 11.1. The highest BCUT2D eigenvalue weighted by Gasteiger charge is 2.23. The van der Waals surface area contributed by atoms with Crippen molar-refractivity contribution in [3.63, 3.8) is 0 Å². The molecule has 2 nitrogen and oxygen atoms in total. The second kappa shape index (κ2) is 8.18. The fraction of sp³-hybridized carbons (Fsp3) is 0.444. The smallest absolute Gasteiger partial charge is 0.197 e. The minimum Gasteiger partial charge on any atom is -0.354 e. The summed E-state index contributed by atoms with van der Waals surface area (Å²) in [7, 11) is 0. The average Bonchev–Trinajstić information content (AvgIpc) is 2.77. The maximum atomic E-state index is 13.4. The Morgan fingerprint density at radius 2 is 1.41 bits per heavy atom. The van der Waals surface area contributed by atoms with E-state index in [4.69, 9.17) is 0 Å². The monoisotopic (exact) mass is 389 g/mol. The molecule has 154 valence electrons. The fourth-order valence-corrected chi connectivity index (χ4v) is 3.91. The van der Waals surface area contributed by atoms with Crippen molar-refractivity contribution in [1.29, 1.82) is 0 Å². The van der Waals surface area contributed by atoms with E-state index in [1.165, 1.54) is 5.56 Å². The van der Waals surface area contributed by atoms with Crippen molar-refractivity contribution in [2.75, 3.05) is 0 Å². The van der Waals surface area contributed by atoms with E-state index in [1.807, 2.05) is 12.1 Å². The summed E-state index contributed by atoms with van der Waals surface area (Å²) in [5.41, 5.74) is 4.56. The van der Waals surface area contributed by atoms with Gasteiger partial charge in [-0.1, -0.05) is 65.8 Å². The van der Waals surface area contributed by atoms with E-state index in [9.17, 15) is 4.79 Å². The maximum Gasteiger partial charge on any atom is 0.197 e. The molecule has 0 saturated heterocycles. The minimum absolute atomic E-state index is 0.102. The maximum absolute atomic E-state index is 13.4. The number of nitrogens with one attached hydrogen (secondary N) is 1. The summed E-state index contributed by atoms with van der Waals surface area (Å²) < 4.78 is 0. The fourth-order valence-electron chi connectivity index (χ4n) is 3.91. The molecule has 0 bridgehead atoms. The summed E-state index contributed by atoms with van der Waals surface area (Å²) in [4.78, 5) is 16.8. The van der Waals surface area contributed by atoms with Crippen molar-refractivity contribution in [3.8, 4) is 0 Å². The molecule has 1 N–H and O–H groups in total. The largest absolute Gasteiger partial charge is 0.354 e. The Balaban J connectivity index is 2.15. The zero-order valence-corrected chi connectivity index (χ0v) is 18.9. The van der Waals surface area contributed by atoms with E-state index >= 15 is 0 Å². The lowest BCUT2D eigenvalue weighted by Crippen LogP contribution is -2.20. The molecule has 0 fully saturated rings. The van der Waals surface area contributed by atoms with E-state index in [1.54, 1.807) is 0 Å². The van der Waals surface area contributed by atoms with Gasteiger partial charge in [-0.2, -0.15) is 0 Å². The van der Waals surface area contributed by atoms with Crippen LogP contribution in [0, 0.1) is 5.41 Å². The van der Waals surface area contributed by atoms with Crippen LogP contribution in [0.4, 0.5) is 0 Å². The first kappa shape index (κ1) is 21.4. The molecule has 3 aromatic rings. The van der Waals surface area contributed by atoms with Crippen molar-refractivity contribution in [2.45, 2.75) is 72.6 Å². The van der Waals surface area contributed by atoms with E-state index in [0.717, 1.165) is 53.1 Å². The van der Waals surface area contributed by atoms with Crippen LogP contribution in [0.3, 0.4) is 0 Å². The van der Waals surface area contributed by atoms with Gasteiger partial charge in [-0.15, -0.1) is 0 Å². The van der Waals surface area contributed by atoms with Gasteiger partial charge in [-0.05, 0) is 71.9 Å². The molecule has 0 aliphatic carbocycles. The Labute approximate surface area is 175 Å². The van der Waals surface area contributed by atoms with Gasteiger partial charge in [-0.25, -0.2) is 0 Å². The van der Waals surface area contributed by atoms with Crippen LogP contribution in [0.1, 0.15) is 78.4 Å². The minimum atomic E-state index is 0.102. The van der Waals surface area contributed by atoms with E-state index < -0.39 is 0 Å².